The van der Waals surface area contributed by atoms with Crippen LogP contribution in [0.1, 0.15) is 24.5 Å². The maximum Gasteiger partial charge on any atom is 0.410 e. The largest absolute Gasteiger partial charge is 0.447 e. The number of carbonyl (C=O) groups excluding carboxylic acids is 1. The van der Waals surface area contributed by atoms with Crippen molar-refractivity contribution < 1.29 is 9.53 Å². The van der Waals surface area contributed by atoms with Gasteiger partial charge in [-0.1, -0.05) is 31.2 Å². The minimum absolute atomic E-state index is 0.152. The number of benzene rings is 1. The first-order valence-corrected chi connectivity index (χ1v) is 8.91. The first-order chi connectivity index (χ1) is 12.2. The quantitative estimate of drug-likeness (QED) is 0.838. The normalized spacial score (nSPS) is 23.6. The lowest BCUT2D eigenvalue weighted by Crippen LogP contribution is -2.60. The zero-order chi connectivity index (χ0) is 17.3. The number of nitrogens with zero attached hydrogens (tertiary/aromatic N) is 4. The van der Waals surface area contributed by atoms with Gasteiger partial charge in [0.1, 0.15) is 6.61 Å². The third-order valence-electron chi connectivity index (χ3n) is 5.48. The lowest BCUT2D eigenvalue weighted by Gasteiger charge is -2.44. The average Bonchev–Trinajstić information content (AvgIpc) is 3.25. The molecule has 2 aromatic rings. The van der Waals surface area contributed by atoms with E-state index in [4.69, 9.17) is 4.74 Å². The molecule has 1 unspecified atom stereocenters. The SMILES string of the molecule is CCC12COC(=O)N1CCN(Cc1ccccc1Cn1cccn1)C2. The van der Waals surface area contributed by atoms with Gasteiger partial charge in [-0.25, -0.2) is 4.79 Å². The van der Waals surface area contributed by atoms with Gasteiger partial charge in [0.25, 0.3) is 0 Å². The maximum absolute atomic E-state index is 11.9. The Hall–Kier alpha value is -2.34. The Kier molecular flexibility index (Phi) is 4.21. The standard InChI is InChI=1S/C19H24N4O2/c1-2-19-14-21(10-11-23(19)18(24)25-15-19)12-16-6-3-4-7-17(16)13-22-9-5-8-20-22/h3-9H,2,10-15H2,1H3. The summed E-state index contributed by atoms with van der Waals surface area (Å²) in [7, 11) is 0. The molecule has 0 radical (unpaired) electrons. The molecule has 6 heteroatoms. The van der Waals surface area contributed by atoms with Crippen LogP contribution < -0.4 is 0 Å². The van der Waals surface area contributed by atoms with E-state index in [2.05, 4.69) is 41.2 Å². The molecule has 1 aromatic heterocycles. The number of ether oxygens (including phenoxy) is 1. The number of aromatic nitrogens is 2. The lowest BCUT2D eigenvalue weighted by molar-refractivity contribution is 0.0448. The molecule has 1 amide bonds. The van der Waals surface area contributed by atoms with Gasteiger partial charge >= 0.3 is 6.09 Å². The smallest absolute Gasteiger partial charge is 0.410 e. The summed E-state index contributed by atoms with van der Waals surface area (Å²) in [6.45, 7) is 6.81. The van der Waals surface area contributed by atoms with Crippen LogP contribution in [0, 0.1) is 0 Å². The van der Waals surface area contributed by atoms with Crippen molar-refractivity contribution in [2.24, 2.45) is 0 Å². The predicted molar refractivity (Wildman–Crippen MR) is 94.1 cm³/mol. The highest BCUT2D eigenvalue weighted by molar-refractivity contribution is 5.71. The van der Waals surface area contributed by atoms with Crippen LogP contribution >= 0.6 is 0 Å². The molecule has 0 N–H and O–H groups in total. The molecule has 3 heterocycles. The van der Waals surface area contributed by atoms with Crippen molar-refractivity contribution in [2.75, 3.05) is 26.2 Å². The Morgan fingerprint density at radius 3 is 2.68 bits per heavy atom. The molecule has 6 nitrogen and oxygen atoms in total. The van der Waals surface area contributed by atoms with Gasteiger partial charge in [0.2, 0.25) is 0 Å². The fourth-order valence-electron chi connectivity index (χ4n) is 3.96. The third-order valence-corrected chi connectivity index (χ3v) is 5.48. The van der Waals surface area contributed by atoms with Gasteiger partial charge in [0, 0.05) is 38.6 Å². The summed E-state index contributed by atoms with van der Waals surface area (Å²) in [5.41, 5.74) is 2.45. The van der Waals surface area contributed by atoms with E-state index in [1.165, 1.54) is 11.1 Å². The number of rotatable bonds is 5. The van der Waals surface area contributed by atoms with Crippen molar-refractivity contribution in [1.29, 1.82) is 0 Å². The molecule has 132 valence electrons. The van der Waals surface area contributed by atoms with Gasteiger partial charge in [-0.15, -0.1) is 0 Å². The number of amides is 1. The molecule has 25 heavy (non-hydrogen) atoms. The summed E-state index contributed by atoms with van der Waals surface area (Å²) in [5.74, 6) is 0. The van der Waals surface area contributed by atoms with Gasteiger partial charge in [-0.2, -0.15) is 5.10 Å². The topological polar surface area (TPSA) is 50.6 Å². The van der Waals surface area contributed by atoms with Crippen molar-refractivity contribution in [3.63, 3.8) is 0 Å². The van der Waals surface area contributed by atoms with Crippen LogP contribution in [0.25, 0.3) is 0 Å². The fourth-order valence-corrected chi connectivity index (χ4v) is 3.96. The van der Waals surface area contributed by atoms with E-state index in [0.29, 0.717) is 6.61 Å². The van der Waals surface area contributed by atoms with Gasteiger partial charge in [-0.05, 0) is 23.6 Å². The van der Waals surface area contributed by atoms with Crippen molar-refractivity contribution in [2.45, 2.75) is 32.0 Å². The Balaban J connectivity index is 1.50. The maximum atomic E-state index is 11.9. The predicted octanol–water partition coefficient (Wildman–Crippen LogP) is 2.35. The first-order valence-electron chi connectivity index (χ1n) is 8.91. The van der Waals surface area contributed by atoms with Crippen LogP contribution in [0.4, 0.5) is 4.79 Å². The molecule has 1 aromatic carbocycles. The van der Waals surface area contributed by atoms with Gasteiger partial charge < -0.3 is 4.74 Å². The highest BCUT2D eigenvalue weighted by atomic mass is 16.6. The van der Waals surface area contributed by atoms with Gasteiger partial charge in [-0.3, -0.25) is 14.5 Å². The molecule has 0 saturated carbocycles. The van der Waals surface area contributed by atoms with Crippen molar-refractivity contribution in [3.05, 3.63) is 53.9 Å². The summed E-state index contributed by atoms with van der Waals surface area (Å²) in [6.07, 6.45) is 4.57. The monoisotopic (exact) mass is 340 g/mol. The molecule has 2 aliphatic heterocycles. The summed E-state index contributed by atoms with van der Waals surface area (Å²) in [4.78, 5) is 16.3. The second-order valence-electron chi connectivity index (χ2n) is 6.97. The highest BCUT2D eigenvalue weighted by Gasteiger charge is 2.49. The van der Waals surface area contributed by atoms with Crippen LogP contribution in [0.3, 0.4) is 0 Å². The zero-order valence-corrected chi connectivity index (χ0v) is 14.6. The molecule has 2 aliphatic rings. The summed E-state index contributed by atoms with van der Waals surface area (Å²) < 4.78 is 7.29. The number of fused-ring (bicyclic) bond motifs is 1. The number of cyclic esters (lactones) is 1. The highest BCUT2D eigenvalue weighted by Crippen LogP contribution is 2.32. The van der Waals surface area contributed by atoms with E-state index >= 15 is 0 Å². The second kappa shape index (κ2) is 6.52. The number of piperazine rings is 1. The van der Waals surface area contributed by atoms with E-state index in [1.54, 1.807) is 0 Å². The second-order valence-corrected chi connectivity index (χ2v) is 6.97. The van der Waals surface area contributed by atoms with Crippen LogP contribution in [0.15, 0.2) is 42.7 Å². The average molecular weight is 340 g/mol. The minimum atomic E-state index is -0.160. The van der Waals surface area contributed by atoms with E-state index in [9.17, 15) is 4.79 Å². The molecule has 0 spiro atoms. The Labute approximate surface area is 148 Å². The fraction of sp³-hybridized carbons (Fsp3) is 0.474. The summed E-state index contributed by atoms with van der Waals surface area (Å²) in [5, 5.41) is 4.32. The van der Waals surface area contributed by atoms with Crippen molar-refractivity contribution >= 4 is 6.09 Å². The Morgan fingerprint density at radius 2 is 1.96 bits per heavy atom. The molecule has 0 bridgehead atoms. The van der Waals surface area contributed by atoms with Crippen LogP contribution in [0.5, 0.6) is 0 Å². The zero-order valence-electron chi connectivity index (χ0n) is 14.6. The number of carbonyl (C=O) groups is 1. The molecule has 1 atom stereocenters. The van der Waals surface area contributed by atoms with Crippen LogP contribution in [-0.4, -0.2) is 57.5 Å². The van der Waals surface area contributed by atoms with Crippen LogP contribution in [-0.2, 0) is 17.8 Å². The van der Waals surface area contributed by atoms with E-state index < -0.39 is 0 Å². The van der Waals surface area contributed by atoms with E-state index in [0.717, 1.165) is 39.1 Å². The molecule has 2 saturated heterocycles. The van der Waals surface area contributed by atoms with Gasteiger partial charge in [0.15, 0.2) is 0 Å². The lowest BCUT2D eigenvalue weighted by atomic mass is 9.92. The Morgan fingerprint density at radius 1 is 1.16 bits per heavy atom. The molecule has 2 fully saturated rings. The minimum Gasteiger partial charge on any atom is -0.447 e. The van der Waals surface area contributed by atoms with Crippen molar-refractivity contribution in [3.8, 4) is 0 Å². The third kappa shape index (κ3) is 3.02. The first kappa shape index (κ1) is 16.1. The molecular formula is C19H24N4O2. The number of hydrogen-bond donors (Lipinski definition) is 0. The van der Waals surface area contributed by atoms with Crippen LogP contribution in [0.2, 0.25) is 0 Å². The van der Waals surface area contributed by atoms with E-state index in [-0.39, 0.29) is 11.6 Å². The number of hydrogen-bond acceptors (Lipinski definition) is 4. The molecule has 0 aliphatic carbocycles. The van der Waals surface area contributed by atoms with Crippen molar-refractivity contribution in [1.82, 2.24) is 19.6 Å². The molecular weight excluding hydrogens is 316 g/mol. The van der Waals surface area contributed by atoms with E-state index in [1.807, 2.05) is 28.0 Å². The summed E-state index contributed by atoms with van der Waals surface area (Å²) >= 11 is 0. The molecule has 4 rings (SSSR count). The Bertz CT molecular complexity index is 746. The summed E-state index contributed by atoms with van der Waals surface area (Å²) in [6, 6.07) is 10.5. The van der Waals surface area contributed by atoms with Gasteiger partial charge in [0.05, 0.1) is 12.1 Å².